The van der Waals surface area contributed by atoms with Gasteiger partial charge in [-0.2, -0.15) is 5.10 Å². The third kappa shape index (κ3) is 3.14. The number of hydrogen-bond donors (Lipinski definition) is 1. The zero-order valence-electron chi connectivity index (χ0n) is 13.0. The van der Waals surface area contributed by atoms with E-state index in [2.05, 4.69) is 15.1 Å². The van der Waals surface area contributed by atoms with Crippen LogP contribution in [0.15, 0.2) is 29.5 Å². The molecular formula is C16H16N4O2S. The molecule has 0 atom stereocenters. The Labute approximate surface area is 135 Å². The first kappa shape index (κ1) is 15.4. The van der Waals surface area contributed by atoms with Gasteiger partial charge >= 0.3 is 0 Å². The Morgan fingerprint density at radius 1 is 1.39 bits per heavy atom. The van der Waals surface area contributed by atoms with E-state index in [-0.39, 0.29) is 11.3 Å². The van der Waals surface area contributed by atoms with E-state index in [1.165, 1.54) is 17.4 Å². The van der Waals surface area contributed by atoms with Crippen molar-refractivity contribution in [3.63, 3.8) is 0 Å². The summed E-state index contributed by atoms with van der Waals surface area (Å²) in [5.41, 5.74) is 0.735. The van der Waals surface area contributed by atoms with Crippen LogP contribution in [-0.4, -0.2) is 25.4 Å². The fraction of sp³-hybridized carbons (Fsp3) is 0.250. The molecule has 0 amide bonds. The van der Waals surface area contributed by atoms with Crippen molar-refractivity contribution < 1.29 is 4.79 Å². The van der Waals surface area contributed by atoms with Crippen molar-refractivity contribution in [1.82, 2.24) is 19.6 Å². The Hall–Kier alpha value is -2.54. The normalized spacial score (nSPS) is 13.9. The highest BCUT2D eigenvalue weighted by Crippen LogP contribution is 2.14. The Balaban J connectivity index is 2.10. The van der Waals surface area contributed by atoms with Crippen molar-refractivity contribution >= 4 is 34.9 Å². The number of carbonyl (C=O) groups is 1. The van der Waals surface area contributed by atoms with Gasteiger partial charge in [0.2, 0.25) is 0 Å². The van der Waals surface area contributed by atoms with E-state index in [0.29, 0.717) is 14.8 Å². The summed E-state index contributed by atoms with van der Waals surface area (Å²) in [6.45, 7) is 5.53. The van der Waals surface area contributed by atoms with Crippen molar-refractivity contribution in [3.8, 4) is 0 Å². The van der Waals surface area contributed by atoms with Crippen molar-refractivity contribution in [2.75, 3.05) is 0 Å². The van der Waals surface area contributed by atoms with Crippen molar-refractivity contribution in [3.05, 3.63) is 49.8 Å². The largest absolute Gasteiger partial charge is 0.313 e. The van der Waals surface area contributed by atoms with Gasteiger partial charge in [0.15, 0.2) is 11.4 Å². The maximum atomic E-state index is 12.1. The molecule has 0 aromatic carbocycles. The first-order valence-corrected chi connectivity index (χ1v) is 7.91. The first-order chi connectivity index (χ1) is 10.8. The van der Waals surface area contributed by atoms with E-state index in [1.54, 1.807) is 35.2 Å². The van der Waals surface area contributed by atoms with Crippen LogP contribution in [0, 0.1) is 5.41 Å². The van der Waals surface area contributed by atoms with E-state index in [1.807, 2.05) is 20.8 Å². The summed E-state index contributed by atoms with van der Waals surface area (Å²) in [7, 11) is 0. The van der Waals surface area contributed by atoms with Gasteiger partial charge < -0.3 is 4.98 Å². The van der Waals surface area contributed by atoms with Gasteiger partial charge in [-0.3, -0.25) is 9.59 Å². The fourth-order valence-electron chi connectivity index (χ4n) is 1.95. The lowest BCUT2D eigenvalue weighted by Crippen LogP contribution is -2.22. The van der Waals surface area contributed by atoms with Crippen LogP contribution in [0.5, 0.6) is 0 Å². The molecule has 3 aromatic rings. The molecule has 6 nitrogen and oxygen atoms in total. The second-order valence-corrected chi connectivity index (χ2v) is 7.26. The second-order valence-electron chi connectivity index (χ2n) is 6.18. The Kier molecular flexibility index (Phi) is 3.73. The average molecular weight is 328 g/mol. The number of fused-ring (bicyclic) bond motifs is 1. The Morgan fingerprint density at radius 3 is 2.91 bits per heavy atom. The van der Waals surface area contributed by atoms with E-state index in [9.17, 15) is 9.59 Å². The summed E-state index contributed by atoms with van der Waals surface area (Å²) in [5, 5.41) is 4.19. The number of hydrogen-bond acceptors (Lipinski definition) is 5. The lowest BCUT2D eigenvalue weighted by Gasteiger charge is -2.12. The van der Waals surface area contributed by atoms with Gasteiger partial charge in [0.05, 0.1) is 15.4 Å². The van der Waals surface area contributed by atoms with Gasteiger partial charge in [0.1, 0.15) is 0 Å². The molecule has 0 bridgehead atoms. The van der Waals surface area contributed by atoms with Gasteiger partial charge in [0, 0.05) is 29.4 Å². The highest BCUT2D eigenvalue weighted by atomic mass is 32.1. The molecule has 0 unspecified atom stereocenters. The fourth-order valence-corrected chi connectivity index (χ4v) is 2.82. The number of ketones is 1. The van der Waals surface area contributed by atoms with Crippen molar-refractivity contribution in [1.29, 1.82) is 0 Å². The van der Waals surface area contributed by atoms with Crippen LogP contribution in [0.1, 0.15) is 26.3 Å². The van der Waals surface area contributed by atoms with Crippen LogP contribution < -0.4 is 14.8 Å². The molecule has 3 rings (SSSR count). The number of nitrogens with one attached hydrogen (secondary N) is 1. The number of nitrogens with zero attached hydrogens (tertiary/aromatic N) is 3. The zero-order chi connectivity index (χ0) is 16.6. The van der Waals surface area contributed by atoms with Crippen LogP contribution in [0.2, 0.25) is 0 Å². The van der Waals surface area contributed by atoms with E-state index < -0.39 is 5.41 Å². The molecule has 0 aliphatic carbocycles. The molecule has 0 aliphatic heterocycles. The number of carbonyl (C=O) groups excluding carboxylic acids is 1. The third-order valence-electron chi connectivity index (χ3n) is 3.28. The number of thiazole rings is 1. The highest BCUT2D eigenvalue weighted by molar-refractivity contribution is 7.07. The van der Waals surface area contributed by atoms with Gasteiger partial charge in [-0.1, -0.05) is 20.8 Å². The van der Waals surface area contributed by atoms with Gasteiger partial charge in [-0.15, -0.1) is 11.3 Å². The maximum absolute atomic E-state index is 12.1. The summed E-state index contributed by atoms with van der Waals surface area (Å²) in [5.74, 6) is -0.0285. The molecule has 3 aromatic heterocycles. The summed E-state index contributed by atoms with van der Waals surface area (Å²) in [4.78, 5) is 31.1. The molecule has 1 N–H and O–H groups in total. The van der Waals surface area contributed by atoms with Crippen molar-refractivity contribution in [2.24, 2.45) is 5.41 Å². The predicted octanol–water partition coefficient (Wildman–Crippen LogP) is 0.704. The van der Waals surface area contributed by atoms with Gasteiger partial charge in [-0.05, 0) is 12.1 Å². The minimum Gasteiger partial charge on any atom is -0.313 e. The molecule has 0 radical (unpaired) electrons. The average Bonchev–Trinajstić information content (AvgIpc) is 3.03. The summed E-state index contributed by atoms with van der Waals surface area (Å²) in [6.07, 6.45) is 8.34. The molecular weight excluding hydrogens is 312 g/mol. The molecule has 7 heteroatoms. The molecule has 0 fully saturated rings. The topological polar surface area (TPSA) is 80.1 Å². The van der Waals surface area contributed by atoms with Crippen LogP contribution in [0.25, 0.3) is 17.8 Å². The van der Waals surface area contributed by atoms with Crippen LogP contribution in [-0.2, 0) is 4.79 Å². The van der Waals surface area contributed by atoms with E-state index in [0.717, 1.165) is 5.56 Å². The molecule has 118 valence electrons. The van der Waals surface area contributed by atoms with Gasteiger partial charge in [0.25, 0.3) is 5.56 Å². The number of rotatable bonds is 2. The van der Waals surface area contributed by atoms with E-state index >= 15 is 0 Å². The SMILES string of the molecule is CC(C)(C)C(=O)/C=c1\[nH]c(=O)/c(=C\c2cnn3cccnc23)s1. The lowest BCUT2D eigenvalue weighted by atomic mass is 9.91. The minimum atomic E-state index is -0.475. The number of aromatic amines is 1. The molecule has 23 heavy (non-hydrogen) atoms. The summed E-state index contributed by atoms with van der Waals surface area (Å²) < 4.78 is 2.70. The molecule has 0 saturated heterocycles. The van der Waals surface area contributed by atoms with Crippen LogP contribution >= 0.6 is 11.3 Å². The number of aromatic nitrogens is 4. The zero-order valence-corrected chi connectivity index (χ0v) is 13.8. The standard InChI is InChI=1S/C16H16N4O2S/c1-16(2,3)12(21)8-13-19-15(22)11(23-13)7-10-9-18-20-6-4-5-17-14(10)20/h4-9H,1-3H3,(H,19,22)/b11-7+,13-8+. The highest BCUT2D eigenvalue weighted by Gasteiger charge is 2.18. The van der Waals surface area contributed by atoms with Crippen LogP contribution in [0.4, 0.5) is 0 Å². The Bertz CT molecular complexity index is 1050. The smallest absolute Gasteiger partial charge is 0.266 e. The monoisotopic (exact) mass is 328 g/mol. The Morgan fingerprint density at radius 2 is 2.17 bits per heavy atom. The molecule has 0 saturated carbocycles. The maximum Gasteiger partial charge on any atom is 0.266 e. The number of H-pyrrole nitrogens is 1. The number of Topliss-reactive ketones (excluding diaryl/α,β-unsaturated/α-hetero) is 1. The van der Waals surface area contributed by atoms with Crippen molar-refractivity contribution in [2.45, 2.75) is 20.8 Å². The van der Waals surface area contributed by atoms with Crippen LogP contribution in [0.3, 0.4) is 0 Å². The molecule has 3 heterocycles. The summed E-state index contributed by atoms with van der Waals surface area (Å²) in [6, 6.07) is 1.78. The van der Waals surface area contributed by atoms with Gasteiger partial charge in [-0.25, -0.2) is 9.50 Å². The quantitative estimate of drug-likeness (QED) is 0.751. The third-order valence-corrected chi connectivity index (χ3v) is 4.24. The second kappa shape index (κ2) is 5.58. The first-order valence-electron chi connectivity index (χ1n) is 7.10. The minimum absolute atomic E-state index is 0.0285. The molecule has 0 spiro atoms. The lowest BCUT2D eigenvalue weighted by molar-refractivity contribution is -0.119. The molecule has 0 aliphatic rings. The summed E-state index contributed by atoms with van der Waals surface area (Å²) >= 11 is 1.25. The predicted molar refractivity (Wildman–Crippen MR) is 89.7 cm³/mol. The van der Waals surface area contributed by atoms with E-state index in [4.69, 9.17) is 0 Å².